The first-order valence-corrected chi connectivity index (χ1v) is 6.78. The van der Waals surface area contributed by atoms with Gasteiger partial charge >= 0.3 is 0 Å². The van der Waals surface area contributed by atoms with Gasteiger partial charge in [0.15, 0.2) is 0 Å². The molecule has 1 aliphatic heterocycles. The maximum Gasteiger partial charge on any atom is 0.137 e. The lowest BCUT2D eigenvalue weighted by Gasteiger charge is -2.22. The van der Waals surface area contributed by atoms with Crippen molar-refractivity contribution in [3.05, 3.63) is 34.1 Å². The Hall–Kier alpha value is -0.450. The summed E-state index contributed by atoms with van der Waals surface area (Å²) in [6, 6.07) is 5.13. The van der Waals surface area contributed by atoms with Crippen LogP contribution in [0.3, 0.4) is 0 Å². The van der Waals surface area contributed by atoms with Crippen molar-refractivity contribution in [2.24, 2.45) is 5.92 Å². The molecular formula is C13H17BrFNO. The van der Waals surface area contributed by atoms with Gasteiger partial charge in [-0.1, -0.05) is 12.1 Å². The van der Waals surface area contributed by atoms with Crippen LogP contribution in [0.5, 0.6) is 0 Å². The molecule has 2 rings (SSSR count). The third kappa shape index (κ3) is 3.76. The zero-order chi connectivity index (χ0) is 12.1. The van der Waals surface area contributed by atoms with Crippen LogP contribution in [0.25, 0.3) is 0 Å². The van der Waals surface area contributed by atoms with Gasteiger partial charge in [0.25, 0.3) is 0 Å². The van der Waals surface area contributed by atoms with Crippen LogP contribution < -0.4 is 5.32 Å². The molecule has 1 N–H and O–H groups in total. The smallest absolute Gasteiger partial charge is 0.137 e. The lowest BCUT2D eigenvalue weighted by atomic mass is 10.0. The Labute approximate surface area is 110 Å². The van der Waals surface area contributed by atoms with Gasteiger partial charge in [-0.25, -0.2) is 4.39 Å². The molecule has 1 aromatic carbocycles. The van der Waals surface area contributed by atoms with Crippen LogP contribution >= 0.6 is 15.9 Å². The molecule has 1 aliphatic rings. The van der Waals surface area contributed by atoms with E-state index in [9.17, 15) is 4.39 Å². The number of rotatable bonds is 4. The monoisotopic (exact) mass is 301 g/mol. The molecular weight excluding hydrogens is 285 g/mol. The lowest BCUT2D eigenvalue weighted by Crippen LogP contribution is -2.29. The van der Waals surface area contributed by atoms with Gasteiger partial charge in [0.2, 0.25) is 0 Å². The second-order valence-corrected chi connectivity index (χ2v) is 5.22. The van der Waals surface area contributed by atoms with Crippen molar-refractivity contribution in [2.45, 2.75) is 19.4 Å². The van der Waals surface area contributed by atoms with Crippen LogP contribution in [0.4, 0.5) is 4.39 Å². The van der Waals surface area contributed by atoms with E-state index in [0.717, 1.165) is 31.7 Å². The van der Waals surface area contributed by atoms with Crippen molar-refractivity contribution < 1.29 is 9.13 Å². The third-order valence-corrected chi connectivity index (χ3v) is 3.92. The molecule has 17 heavy (non-hydrogen) atoms. The number of hydrogen-bond donors (Lipinski definition) is 1. The summed E-state index contributed by atoms with van der Waals surface area (Å²) in [5.41, 5.74) is 0.960. The molecule has 1 atom stereocenters. The predicted octanol–water partition coefficient (Wildman–Crippen LogP) is 3.10. The van der Waals surface area contributed by atoms with E-state index in [-0.39, 0.29) is 5.82 Å². The predicted molar refractivity (Wildman–Crippen MR) is 69.3 cm³/mol. The molecule has 1 saturated heterocycles. The first-order valence-electron chi connectivity index (χ1n) is 5.98. The molecule has 0 bridgehead atoms. The highest BCUT2D eigenvalue weighted by atomic mass is 79.9. The standard InChI is InChI=1S/C13H17BrFNO/c14-13-11(4-1-5-12(13)15)8-16-7-10-3-2-6-17-9-10/h1,4-5,10,16H,2-3,6-9H2. The van der Waals surface area contributed by atoms with Crippen LogP contribution in [-0.2, 0) is 11.3 Å². The normalized spacial score (nSPS) is 20.5. The molecule has 0 amide bonds. The van der Waals surface area contributed by atoms with Gasteiger partial charge in [-0.15, -0.1) is 0 Å². The minimum atomic E-state index is -0.203. The van der Waals surface area contributed by atoms with Crippen LogP contribution in [0, 0.1) is 11.7 Å². The van der Waals surface area contributed by atoms with Crippen LogP contribution in [0.2, 0.25) is 0 Å². The second-order valence-electron chi connectivity index (χ2n) is 4.43. The van der Waals surface area contributed by atoms with Gasteiger partial charge in [-0.3, -0.25) is 0 Å². The van der Waals surface area contributed by atoms with E-state index in [0.29, 0.717) is 16.9 Å². The molecule has 1 heterocycles. The number of benzene rings is 1. The van der Waals surface area contributed by atoms with Gasteiger partial charge in [-0.2, -0.15) is 0 Å². The summed E-state index contributed by atoms with van der Waals surface area (Å²) in [7, 11) is 0. The molecule has 2 nitrogen and oxygen atoms in total. The lowest BCUT2D eigenvalue weighted by molar-refractivity contribution is 0.0547. The molecule has 94 valence electrons. The molecule has 0 saturated carbocycles. The van der Waals surface area contributed by atoms with Crippen molar-refractivity contribution in [2.75, 3.05) is 19.8 Å². The highest BCUT2D eigenvalue weighted by Gasteiger charge is 2.13. The maximum atomic E-state index is 13.3. The van der Waals surface area contributed by atoms with E-state index >= 15 is 0 Å². The molecule has 0 spiro atoms. The van der Waals surface area contributed by atoms with Gasteiger partial charge in [-0.05, 0) is 46.3 Å². The van der Waals surface area contributed by atoms with Crippen molar-refractivity contribution in [1.82, 2.24) is 5.32 Å². The Morgan fingerprint density at radius 3 is 3.12 bits per heavy atom. The second kappa shape index (κ2) is 6.47. The average molecular weight is 302 g/mol. The first-order chi connectivity index (χ1) is 8.27. The van der Waals surface area contributed by atoms with E-state index in [1.165, 1.54) is 12.5 Å². The summed E-state index contributed by atoms with van der Waals surface area (Å²) in [4.78, 5) is 0. The van der Waals surface area contributed by atoms with Crippen LogP contribution in [0.15, 0.2) is 22.7 Å². The summed E-state index contributed by atoms with van der Waals surface area (Å²) >= 11 is 3.27. The van der Waals surface area contributed by atoms with Crippen molar-refractivity contribution in [3.8, 4) is 0 Å². The average Bonchev–Trinajstić information content (AvgIpc) is 2.36. The summed E-state index contributed by atoms with van der Waals surface area (Å²) in [6.07, 6.45) is 2.37. The Kier molecular flexibility index (Phi) is 4.95. The molecule has 1 aromatic rings. The van der Waals surface area contributed by atoms with Gasteiger partial charge < -0.3 is 10.1 Å². The fourth-order valence-electron chi connectivity index (χ4n) is 2.06. The zero-order valence-corrected chi connectivity index (χ0v) is 11.3. The summed E-state index contributed by atoms with van der Waals surface area (Å²) in [6.45, 7) is 3.36. The van der Waals surface area contributed by atoms with Crippen molar-refractivity contribution >= 4 is 15.9 Å². The topological polar surface area (TPSA) is 21.3 Å². The highest BCUT2D eigenvalue weighted by molar-refractivity contribution is 9.10. The van der Waals surface area contributed by atoms with E-state index in [2.05, 4.69) is 21.2 Å². The Morgan fingerprint density at radius 1 is 1.47 bits per heavy atom. The summed E-state index contributed by atoms with van der Waals surface area (Å²) in [5.74, 6) is 0.390. The molecule has 0 aromatic heterocycles. The van der Waals surface area contributed by atoms with Gasteiger partial charge in [0.05, 0.1) is 11.1 Å². The molecule has 4 heteroatoms. The SMILES string of the molecule is Fc1cccc(CNCC2CCCOC2)c1Br. The highest BCUT2D eigenvalue weighted by Crippen LogP contribution is 2.20. The maximum absolute atomic E-state index is 13.3. The summed E-state index contributed by atoms with van der Waals surface area (Å²) in [5, 5.41) is 3.36. The largest absolute Gasteiger partial charge is 0.381 e. The number of halogens is 2. The van der Waals surface area contributed by atoms with Crippen LogP contribution in [-0.4, -0.2) is 19.8 Å². The number of ether oxygens (including phenoxy) is 1. The molecule has 1 unspecified atom stereocenters. The fraction of sp³-hybridized carbons (Fsp3) is 0.538. The molecule has 1 fully saturated rings. The van der Waals surface area contributed by atoms with E-state index in [4.69, 9.17) is 4.74 Å². The van der Waals surface area contributed by atoms with Gasteiger partial charge in [0.1, 0.15) is 5.82 Å². The Bertz CT molecular complexity index is 366. The van der Waals surface area contributed by atoms with Gasteiger partial charge in [0, 0.05) is 19.7 Å². The molecule has 0 radical (unpaired) electrons. The fourth-order valence-corrected chi connectivity index (χ4v) is 2.47. The van der Waals surface area contributed by atoms with Crippen molar-refractivity contribution in [1.29, 1.82) is 0 Å². The van der Waals surface area contributed by atoms with E-state index in [1.807, 2.05) is 6.07 Å². The van der Waals surface area contributed by atoms with Crippen LogP contribution in [0.1, 0.15) is 18.4 Å². The minimum Gasteiger partial charge on any atom is -0.381 e. The third-order valence-electron chi connectivity index (χ3n) is 3.03. The minimum absolute atomic E-state index is 0.203. The molecule has 0 aliphatic carbocycles. The Morgan fingerprint density at radius 2 is 2.35 bits per heavy atom. The zero-order valence-electron chi connectivity index (χ0n) is 9.72. The van der Waals surface area contributed by atoms with E-state index < -0.39 is 0 Å². The number of hydrogen-bond acceptors (Lipinski definition) is 2. The summed E-state index contributed by atoms with van der Waals surface area (Å²) < 4.78 is 19.2. The van der Waals surface area contributed by atoms with Crippen molar-refractivity contribution in [3.63, 3.8) is 0 Å². The first kappa shape index (κ1) is 13.0. The van der Waals surface area contributed by atoms with E-state index in [1.54, 1.807) is 6.07 Å². The number of nitrogens with one attached hydrogen (secondary N) is 1. The quantitative estimate of drug-likeness (QED) is 0.923. The Balaban J connectivity index is 1.79.